The molecule has 0 aliphatic rings. The summed E-state index contributed by atoms with van der Waals surface area (Å²) in [5.41, 5.74) is 2.56. The van der Waals surface area contributed by atoms with Gasteiger partial charge in [0.25, 0.3) is 0 Å². The molecule has 0 saturated carbocycles. The van der Waals surface area contributed by atoms with Gasteiger partial charge in [0.15, 0.2) is 11.5 Å². The highest BCUT2D eigenvalue weighted by molar-refractivity contribution is 5.85. The number of aryl methyl sites for hydroxylation is 1. The monoisotopic (exact) mass is 365 g/mol. The highest BCUT2D eigenvalue weighted by Crippen LogP contribution is 2.27. The fourth-order valence-corrected chi connectivity index (χ4v) is 2.64. The second-order valence-corrected chi connectivity index (χ2v) is 5.64. The van der Waals surface area contributed by atoms with Crippen molar-refractivity contribution in [1.29, 1.82) is 0 Å². The molecule has 0 aliphatic heterocycles. The summed E-state index contributed by atoms with van der Waals surface area (Å²) in [6.45, 7) is 1.96. The predicted molar refractivity (Wildman–Crippen MR) is 105 cm³/mol. The smallest absolute Gasteiger partial charge is 0.160 e. The molecule has 25 heavy (non-hydrogen) atoms. The second kappa shape index (κ2) is 11.6. The second-order valence-electron chi connectivity index (χ2n) is 5.64. The van der Waals surface area contributed by atoms with Crippen molar-refractivity contribution >= 4 is 12.4 Å². The first kappa shape index (κ1) is 21.1. The minimum absolute atomic E-state index is 0. The zero-order valence-corrected chi connectivity index (χ0v) is 16.0. The average Bonchev–Trinajstić information content (AvgIpc) is 2.64. The van der Waals surface area contributed by atoms with E-state index in [1.54, 1.807) is 21.3 Å². The van der Waals surface area contributed by atoms with Crippen molar-refractivity contribution in [2.24, 2.45) is 0 Å². The molecule has 0 unspecified atom stereocenters. The summed E-state index contributed by atoms with van der Waals surface area (Å²) in [4.78, 5) is 0. The van der Waals surface area contributed by atoms with Gasteiger partial charge in [-0.15, -0.1) is 12.4 Å². The fraction of sp³-hybridized carbons (Fsp3) is 0.400. The van der Waals surface area contributed by atoms with E-state index in [9.17, 15) is 0 Å². The van der Waals surface area contributed by atoms with E-state index >= 15 is 0 Å². The summed E-state index contributed by atoms with van der Waals surface area (Å²) in [6, 6.07) is 14.3. The molecule has 0 fully saturated rings. The van der Waals surface area contributed by atoms with Crippen LogP contribution in [0.1, 0.15) is 17.5 Å². The molecule has 5 heteroatoms. The molecule has 2 rings (SSSR count). The lowest BCUT2D eigenvalue weighted by Gasteiger charge is -2.10. The zero-order valence-electron chi connectivity index (χ0n) is 15.2. The Labute approximate surface area is 156 Å². The van der Waals surface area contributed by atoms with Gasteiger partial charge < -0.3 is 19.5 Å². The standard InChI is InChI=1S/C20H27NO3.ClH/c1-22-18-8-4-6-16(14-18)7-5-12-21-13-11-17-9-10-19(23-2)20(15-17)24-3;/h4,6,8-10,14-15,21H,5,7,11-13H2,1-3H3;1H. The van der Waals surface area contributed by atoms with Crippen molar-refractivity contribution in [2.45, 2.75) is 19.3 Å². The molecule has 0 aromatic heterocycles. The van der Waals surface area contributed by atoms with Gasteiger partial charge in [-0.05, 0) is 67.7 Å². The maximum absolute atomic E-state index is 5.33. The number of hydrogen-bond donors (Lipinski definition) is 1. The molecule has 0 radical (unpaired) electrons. The number of halogens is 1. The van der Waals surface area contributed by atoms with Crippen LogP contribution in [0, 0.1) is 0 Å². The molecule has 2 aromatic rings. The van der Waals surface area contributed by atoms with Crippen molar-refractivity contribution in [1.82, 2.24) is 5.32 Å². The maximum atomic E-state index is 5.33. The van der Waals surface area contributed by atoms with Crippen molar-refractivity contribution in [3.8, 4) is 17.2 Å². The molecule has 2 aromatic carbocycles. The topological polar surface area (TPSA) is 39.7 Å². The molecule has 0 spiro atoms. The Morgan fingerprint density at radius 3 is 2.24 bits per heavy atom. The molecule has 1 N–H and O–H groups in total. The Hall–Kier alpha value is -1.91. The van der Waals surface area contributed by atoms with Gasteiger partial charge >= 0.3 is 0 Å². The highest BCUT2D eigenvalue weighted by Gasteiger charge is 2.04. The van der Waals surface area contributed by atoms with E-state index in [1.165, 1.54) is 11.1 Å². The van der Waals surface area contributed by atoms with Crippen LogP contribution in [0.5, 0.6) is 17.2 Å². The minimum Gasteiger partial charge on any atom is -0.497 e. The van der Waals surface area contributed by atoms with E-state index in [0.717, 1.165) is 49.6 Å². The fourth-order valence-electron chi connectivity index (χ4n) is 2.64. The van der Waals surface area contributed by atoms with Gasteiger partial charge in [-0.25, -0.2) is 0 Å². The van der Waals surface area contributed by atoms with Crippen molar-refractivity contribution in [3.63, 3.8) is 0 Å². The summed E-state index contributed by atoms with van der Waals surface area (Å²) in [6.07, 6.45) is 3.14. The van der Waals surface area contributed by atoms with Crippen LogP contribution in [0.4, 0.5) is 0 Å². The van der Waals surface area contributed by atoms with E-state index in [1.807, 2.05) is 24.3 Å². The highest BCUT2D eigenvalue weighted by atomic mass is 35.5. The van der Waals surface area contributed by atoms with Crippen molar-refractivity contribution < 1.29 is 14.2 Å². The van der Waals surface area contributed by atoms with Gasteiger partial charge in [-0.3, -0.25) is 0 Å². The lowest BCUT2D eigenvalue weighted by atomic mass is 10.1. The average molecular weight is 366 g/mol. The maximum Gasteiger partial charge on any atom is 0.160 e. The molecular formula is C20H28ClNO3. The van der Waals surface area contributed by atoms with E-state index in [0.29, 0.717) is 0 Å². The molecule has 4 nitrogen and oxygen atoms in total. The van der Waals surface area contributed by atoms with Crippen LogP contribution in [0.2, 0.25) is 0 Å². The van der Waals surface area contributed by atoms with E-state index in [-0.39, 0.29) is 12.4 Å². The lowest BCUT2D eigenvalue weighted by molar-refractivity contribution is 0.354. The summed E-state index contributed by atoms with van der Waals surface area (Å²) in [5.74, 6) is 2.48. The van der Waals surface area contributed by atoms with Crippen LogP contribution in [0.15, 0.2) is 42.5 Å². The van der Waals surface area contributed by atoms with Crippen molar-refractivity contribution in [3.05, 3.63) is 53.6 Å². The summed E-state index contributed by atoms with van der Waals surface area (Å²) in [7, 11) is 5.02. The third kappa shape index (κ3) is 6.85. The number of methoxy groups -OCH3 is 3. The first-order chi connectivity index (χ1) is 11.8. The lowest BCUT2D eigenvalue weighted by Crippen LogP contribution is -2.19. The predicted octanol–water partition coefficient (Wildman–Crippen LogP) is 3.90. The van der Waals surface area contributed by atoms with Gasteiger partial charge in [-0.2, -0.15) is 0 Å². The van der Waals surface area contributed by atoms with Crippen LogP contribution in [-0.2, 0) is 12.8 Å². The molecule has 138 valence electrons. The summed E-state index contributed by atoms with van der Waals surface area (Å²) < 4.78 is 15.8. The molecule has 0 atom stereocenters. The molecule has 0 aliphatic carbocycles. The largest absolute Gasteiger partial charge is 0.497 e. The summed E-state index contributed by atoms with van der Waals surface area (Å²) >= 11 is 0. The SMILES string of the molecule is COc1cccc(CCCNCCc2ccc(OC)c(OC)c2)c1.Cl. The van der Waals surface area contributed by atoms with Crippen LogP contribution in [-0.4, -0.2) is 34.4 Å². The Morgan fingerprint density at radius 2 is 1.52 bits per heavy atom. The van der Waals surface area contributed by atoms with Crippen LogP contribution < -0.4 is 19.5 Å². The van der Waals surface area contributed by atoms with Gasteiger partial charge in [0.2, 0.25) is 0 Å². The number of rotatable bonds is 10. The molecule has 0 heterocycles. The van der Waals surface area contributed by atoms with Gasteiger partial charge in [0.05, 0.1) is 21.3 Å². The van der Waals surface area contributed by atoms with E-state index in [2.05, 4.69) is 23.5 Å². The van der Waals surface area contributed by atoms with Crippen molar-refractivity contribution in [2.75, 3.05) is 34.4 Å². The Balaban J connectivity index is 0.00000312. The molecule has 0 amide bonds. The van der Waals surface area contributed by atoms with Gasteiger partial charge in [-0.1, -0.05) is 18.2 Å². The van der Waals surface area contributed by atoms with Crippen LogP contribution in [0.25, 0.3) is 0 Å². The third-order valence-corrected chi connectivity index (χ3v) is 3.99. The summed E-state index contributed by atoms with van der Waals surface area (Å²) in [5, 5.41) is 3.50. The Morgan fingerprint density at radius 1 is 0.760 bits per heavy atom. The number of benzene rings is 2. The molecular weight excluding hydrogens is 338 g/mol. The van der Waals surface area contributed by atoms with Crippen LogP contribution >= 0.6 is 12.4 Å². The number of ether oxygens (including phenoxy) is 3. The first-order valence-corrected chi connectivity index (χ1v) is 8.31. The first-order valence-electron chi connectivity index (χ1n) is 8.31. The Kier molecular flexibility index (Phi) is 9.81. The normalized spacial score (nSPS) is 10.0. The number of nitrogens with one attached hydrogen (secondary N) is 1. The molecule has 0 bridgehead atoms. The number of hydrogen-bond acceptors (Lipinski definition) is 4. The van der Waals surface area contributed by atoms with Crippen LogP contribution in [0.3, 0.4) is 0 Å². The Bertz CT molecular complexity index is 634. The third-order valence-electron chi connectivity index (χ3n) is 3.99. The van der Waals surface area contributed by atoms with Gasteiger partial charge in [0.1, 0.15) is 5.75 Å². The zero-order chi connectivity index (χ0) is 17.2. The van der Waals surface area contributed by atoms with Gasteiger partial charge in [0, 0.05) is 0 Å². The quantitative estimate of drug-likeness (QED) is 0.648. The minimum atomic E-state index is 0. The van der Waals surface area contributed by atoms with E-state index < -0.39 is 0 Å². The molecule has 0 saturated heterocycles. The van der Waals surface area contributed by atoms with E-state index in [4.69, 9.17) is 14.2 Å².